The highest BCUT2D eigenvalue weighted by Gasteiger charge is 2.34. The van der Waals surface area contributed by atoms with Gasteiger partial charge in [0.1, 0.15) is 10.7 Å². The Kier molecular flexibility index (Phi) is 6.76. The zero-order chi connectivity index (χ0) is 25.8. The molecule has 0 saturated heterocycles. The van der Waals surface area contributed by atoms with Gasteiger partial charge in [0.05, 0.1) is 17.7 Å². The molecule has 4 aromatic rings. The number of benzene rings is 3. The summed E-state index contributed by atoms with van der Waals surface area (Å²) in [6, 6.07) is 25.9. The van der Waals surface area contributed by atoms with Crippen molar-refractivity contribution < 1.29 is 14.3 Å². The minimum atomic E-state index is -0.293. The number of rotatable bonds is 7. The van der Waals surface area contributed by atoms with E-state index in [1.807, 2.05) is 66.7 Å². The van der Waals surface area contributed by atoms with Gasteiger partial charge in [0.25, 0.3) is 17.4 Å². The molecule has 1 aliphatic heterocycles. The van der Waals surface area contributed by atoms with Crippen LogP contribution in [-0.2, 0) is 7.05 Å². The average molecular weight is 492 g/mol. The molecule has 2 heterocycles. The molecule has 0 unspecified atom stereocenters. The van der Waals surface area contributed by atoms with Crippen LogP contribution in [0.3, 0.4) is 0 Å². The minimum Gasteiger partial charge on any atom is -0.476 e. The molecule has 0 N–H and O–H groups in total. The first-order chi connectivity index (χ1) is 18.0. The average Bonchev–Trinajstić information content (AvgIpc) is 3.17. The molecule has 5 rings (SSSR count). The van der Waals surface area contributed by atoms with E-state index in [0.29, 0.717) is 28.8 Å². The molecule has 0 spiro atoms. The highest BCUT2D eigenvalue weighted by atomic mass is 16.5. The van der Waals surface area contributed by atoms with Crippen LogP contribution in [0.1, 0.15) is 38.3 Å². The molecule has 2 amide bonds. The number of aromatic nitrogens is 2. The minimum absolute atomic E-state index is 0.207. The number of amides is 2. The van der Waals surface area contributed by atoms with Gasteiger partial charge in [-0.05, 0) is 41.8 Å². The maximum Gasteiger partial charge on any atom is 0.276 e. The second-order valence-corrected chi connectivity index (χ2v) is 8.67. The SMILES string of the molecule is Cn1c(=Cc2ccccc2)c(OCCCN2C(=O)c3ccccc3C2=O)nc(=Cc2ccccc2)c1=O. The summed E-state index contributed by atoms with van der Waals surface area (Å²) in [5.74, 6) is -0.284. The van der Waals surface area contributed by atoms with Crippen molar-refractivity contribution in [2.45, 2.75) is 6.42 Å². The lowest BCUT2D eigenvalue weighted by atomic mass is 10.1. The highest BCUT2D eigenvalue weighted by Crippen LogP contribution is 2.22. The van der Waals surface area contributed by atoms with Crippen LogP contribution < -0.4 is 21.0 Å². The fourth-order valence-corrected chi connectivity index (χ4v) is 4.25. The lowest BCUT2D eigenvalue weighted by Crippen LogP contribution is -2.44. The first-order valence-electron chi connectivity index (χ1n) is 12.0. The molecule has 7 heteroatoms. The van der Waals surface area contributed by atoms with Gasteiger partial charge in [-0.3, -0.25) is 19.3 Å². The predicted octanol–water partition coefficient (Wildman–Crippen LogP) is 2.50. The topological polar surface area (TPSA) is 81.5 Å². The standard InChI is InChI=1S/C30H25N3O4/c1-32-26(20-22-13-6-3-7-14-22)27(31-25(30(32)36)19-21-11-4-2-5-12-21)37-18-10-17-33-28(34)23-15-8-9-16-24(23)29(33)35/h2-9,11-16,19-20H,10,17-18H2,1H3. The van der Waals surface area contributed by atoms with Crippen LogP contribution in [0.5, 0.6) is 5.88 Å². The van der Waals surface area contributed by atoms with Gasteiger partial charge in [-0.1, -0.05) is 72.8 Å². The van der Waals surface area contributed by atoms with Crippen molar-refractivity contribution in [3.05, 3.63) is 128 Å². The largest absolute Gasteiger partial charge is 0.476 e. The zero-order valence-electron chi connectivity index (χ0n) is 20.3. The van der Waals surface area contributed by atoms with Gasteiger partial charge in [0.2, 0.25) is 5.88 Å². The Morgan fingerprint density at radius 2 is 1.30 bits per heavy atom. The highest BCUT2D eigenvalue weighted by molar-refractivity contribution is 6.21. The Morgan fingerprint density at radius 1 is 0.757 bits per heavy atom. The van der Waals surface area contributed by atoms with Crippen molar-refractivity contribution >= 4 is 24.0 Å². The fraction of sp³-hybridized carbons (Fsp3) is 0.133. The van der Waals surface area contributed by atoms with E-state index >= 15 is 0 Å². The summed E-state index contributed by atoms with van der Waals surface area (Å²) in [5.41, 5.74) is 2.35. The van der Waals surface area contributed by atoms with E-state index in [-0.39, 0.29) is 35.9 Å². The third kappa shape index (κ3) is 4.97. The summed E-state index contributed by atoms with van der Waals surface area (Å²) in [7, 11) is 1.69. The Hall–Kier alpha value is -4.78. The number of hydrogen-bond acceptors (Lipinski definition) is 5. The van der Waals surface area contributed by atoms with Crippen LogP contribution in [-0.4, -0.2) is 39.4 Å². The van der Waals surface area contributed by atoms with Crippen molar-refractivity contribution in [1.82, 2.24) is 14.5 Å². The van der Waals surface area contributed by atoms with E-state index in [4.69, 9.17) is 4.74 Å². The summed E-state index contributed by atoms with van der Waals surface area (Å²) < 4.78 is 7.58. The Balaban J connectivity index is 1.42. The quantitative estimate of drug-likeness (QED) is 0.293. The zero-order valence-corrected chi connectivity index (χ0v) is 20.3. The van der Waals surface area contributed by atoms with Crippen molar-refractivity contribution in [1.29, 1.82) is 0 Å². The molecule has 0 saturated carbocycles. The van der Waals surface area contributed by atoms with Crippen LogP contribution in [0.25, 0.3) is 12.2 Å². The fourth-order valence-electron chi connectivity index (χ4n) is 4.25. The molecule has 3 aromatic carbocycles. The number of carbonyl (C=O) groups is 2. The molecule has 0 aliphatic carbocycles. The van der Waals surface area contributed by atoms with Crippen molar-refractivity contribution in [3.63, 3.8) is 0 Å². The predicted molar refractivity (Wildman–Crippen MR) is 141 cm³/mol. The molecular formula is C30H25N3O4. The van der Waals surface area contributed by atoms with Crippen LogP contribution >= 0.6 is 0 Å². The second-order valence-electron chi connectivity index (χ2n) is 8.67. The van der Waals surface area contributed by atoms with Crippen LogP contribution in [0.2, 0.25) is 0 Å². The van der Waals surface area contributed by atoms with E-state index in [1.165, 1.54) is 9.47 Å². The molecule has 0 bridgehead atoms. The molecule has 184 valence electrons. The molecule has 1 aliphatic rings. The Bertz CT molecular complexity index is 1610. The lowest BCUT2D eigenvalue weighted by Gasteiger charge is -2.14. The van der Waals surface area contributed by atoms with E-state index in [2.05, 4.69) is 4.98 Å². The van der Waals surface area contributed by atoms with Gasteiger partial charge in [0.15, 0.2) is 0 Å². The number of carbonyl (C=O) groups excluding carboxylic acids is 2. The Labute approximate surface area is 213 Å². The van der Waals surface area contributed by atoms with Crippen LogP contribution in [0.15, 0.2) is 89.7 Å². The van der Waals surface area contributed by atoms with E-state index in [0.717, 1.165) is 11.1 Å². The second kappa shape index (κ2) is 10.5. The molecule has 37 heavy (non-hydrogen) atoms. The maximum absolute atomic E-state index is 13.1. The summed E-state index contributed by atoms with van der Waals surface area (Å²) in [5, 5.41) is 0.788. The summed E-state index contributed by atoms with van der Waals surface area (Å²) in [6.07, 6.45) is 3.99. The van der Waals surface area contributed by atoms with Crippen LogP contribution in [0, 0.1) is 0 Å². The Morgan fingerprint density at radius 3 is 1.89 bits per heavy atom. The molecule has 0 atom stereocenters. The number of hydrogen-bond donors (Lipinski definition) is 0. The van der Waals surface area contributed by atoms with Gasteiger partial charge in [-0.15, -0.1) is 0 Å². The van der Waals surface area contributed by atoms with E-state index < -0.39 is 0 Å². The molecule has 0 radical (unpaired) electrons. The lowest BCUT2D eigenvalue weighted by molar-refractivity contribution is 0.0646. The summed E-state index contributed by atoms with van der Waals surface area (Å²) >= 11 is 0. The third-order valence-electron chi connectivity index (χ3n) is 6.18. The van der Waals surface area contributed by atoms with Gasteiger partial charge in [-0.2, -0.15) is 0 Å². The molecular weight excluding hydrogens is 466 g/mol. The van der Waals surface area contributed by atoms with Crippen molar-refractivity contribution in [3.8, 4) is 5.88 Å². The first kappa shape index (κ1) is 23.9. The van der Waals surface area contributed by atoms with Gasteiger partial charge >= 0.3 is 0 Å². The number of ether oxygens (including phenoxy) is 1. The van der Waals surface area contributed by atoms with E-state index in [1.54, 1.807) is 37.4 Å². The number of nitrogens with zero attached hydrogens (tertiary/aromatic N) is 3. The number of imide groups is 1. The summed E-state index contributed by atoms with van der Waals surface area (Å²) in [4.78, 5) is 44.2. The van der Waals surface area contributed by atoms with E-state index in [9.17, 15) is 14.4 Å². The normalized spacial score (nSPS) is 13.8. The van der Waals surface area contributed by atoms with Crippen LogP contribution in [0.4, 0.5) is 0 Å². The van der Waals surface area contributed by atoms with Gasteiger partial charge in [-0.25, -0.2) is 4.98 Å². The summed E-state index contributed by atoms with van der Waals surface area (Å²) in [6.45, 7) is 0.428. The van der Waals surface area contributed by atoms with Gasteiger partial charge < -0.3 is 9.30 Å². The van der Waals surface area contributed by atoms with Crippen molar-refractivity contribution in [2.75, 3.05) is 13.2 Å². The first-order valence-corrected chi connectivity index (χ1v) is 12.0. The van der Waals surface area contributed by atoms with Gasteiger partial charge in [0, 0.05) is 13.6 Å². The third-order valence-corrected chi connectivity index (χ3v) is 6.18. The smallest absolute Gasteiger partial charge is 0.276 e. The molecule has 7 nitrogen and oxygen atoms in total. The maximum atomic E-state index is 13.1. The molecule has 0 fully saturated rings. The van der Waals surface area contributed by atoms with Crippen molar-refractivity contribution in [2.24, 2.45) is 7.05 Å². The number of fused-ring (bicyclic) bond motifs is 1. The molecule has 1 aromatic heterocycles. The monoisotopic (exact) mass is 491 g/mol.